The molecule has 102 valence electrons. The number of hydrogen-bond acceptors (Lipinski definition) is 3. The number of carbonyl (C=O) groups excluding carboxylic acids is 1. The first-order valence-electron chi connectivity index (χ1n) is 6.38. The average molecular weight is 265 g/mol. The van der Waals surface area contributed by atoms with Gasteiger partial charge in [0.15, 0.2) is 5.69 Å². The average Bonchev–Trinajstić information content (AvgIpc) is 2.43. The van der Waals surface area contributed by atoms with Crippen LogP contribution in [0.25, 0.3) is 0 Å². The summed E-state index contributed by atoms with van der Waals surface area (Å²) in [6.45, 7) is 0.429. The first-order valence-corrected chi connectivity index (χ1v) is 6.38. The van der Waals surface area contributed by atoms with Gasteiger partial charge < -0.3 is 10.3 Å². The Balaban J connectivity index is 1.89. The summed E-state index contributed by atoms with van der Waals surface area (Å²) in [7, 11) is 0. The van der Waals surface area contributed by atoms with Crippen molar-refractivity contribution < 1.29 is 9.18 Å². The van der Waals surface area contributed by atoms with Crippen LogP contribution in [0.5, 0.6) is 0 Å². The molecule has 5 nitrogen and oxygen atoms in total. The van der Waals surface area contributed by atoms with Crippen molar-refractivity contribution in [2.24, 2.45) is 0 Å². The van der Waals surface area contributed by atoms with E-state index in [1.54, 1.807) is 0 Å². The minimum absolute atomic E-state index is 0.429. The second-order valence-corrected chi connectivity index (χ2v) is 4.51. The zero-order valence-corrected chi connectivity index (χ0v) is 10.5. The van der Waals surface area contributed by atoms with Gasteiger partial charge in [0, 0.05) is 6.54 Å². The van der Waals surface area contributed by atoms with Crippen molar-refractivity contribution in [1.29, 1.82) is 0 Å². The number of rotatable bonds is 4. The number of carbonyl (C=O) groups is 1. The van der Waals surface area contributed by atoms with Crippen molar-refractivity contribution in [3.8, 4) is 0 Å². The zero-order chi connectivity index (χ0) is 13.7. The molecule has 0 fully saturated rings. The fraction of sp³-hybridized carbons (Fsp3) is 0.462. The van der Waals surface area contributed by atoms with Gasteiger partial charge in [-0.2, -0.15) is 4.39 Å². The number of hydrogen-bond donors (Lipinski definition) is 2. The molecule has 0 aromatic carbocycles. The van der Waals surface area contributed by atoms with Gasteiger partial charge in [0.05, 0.1) is 6.33 Å². The summed E-state index contributed by atoms with van der Waals surface area (Å²) in [5.74, 6) is -1.79. The lowest BCUT2D eigenvalue weighted by Crippen LogP contribution is -2.29. The standard InChI is InChI=1S/C13H16FN3O2/c14-10-11(16-8-17-12(10)18)13(19)15-7-6-9-4-2-1-3-5-9/h4,8H,1-3,5-7H2,(H,15,19)(H,16,17,18). The van der Waals surface area contributed by atoms with Gasteiger partial charge in [0.25, 0.3) is 11.5 Å². The molecule has 0 atom stereocenters. The van der Waals surface area contributed by atoms with Gasteiger partial charge in [0.1, 0.15) is 0 Å². The van der Waals surface area contributed by atoms with Crippen LogP contribution in [0.3, 0.4) is 0 Å². The third-order valence-corrected chi connectivity index (χ3v) is 3.13. The molecule has 1 aliphatic rings. The zero-order valence-electron chi connectivity index (χ0n) is 10.5. The molecule has 19 heavy (non-hydrogen) atoms. The van der Waals surface area contributed by atoms with Crippen LogP contribution in [0.1, 0.15) is 42.6 Å². The minimum atomic E-state index is -1.14. The van der Waals surface area contributed by atoms with Crippen LogP contribution < -0.4 is 10.9 Å². The molecule has 0 bridgehead atoms. The highest BCUT2D eigenvalue weighted by atomic mass is 19.1. The van der Waals surface area contributed by atoms with Gasteiger partial charge in [0.2, 0.25) is 5.82 Å². The van der Waals surface area contributed by atoms with E-state index in [2.05, 4.69) is 21.4 Å². The Bertz CT molecular complexity index is 551. The predicted octanol–water partition coefficient (Wildman–Crippen LogP) is 1.53. The Labute approximate surface area is 109 Å². The van der Waals surface area contributed by atoms with E-state index < -0.39 is 23.0 Å². The molecule has 1 amide bonds. The molecule has 0 spiro atoms. The molecular formula is C13H16FN3O2. The van der Waals surface area contributed by atoms with E-state index in [1.807, 2.05) is 0 Å². The van der Waals surface area contributed by atoms with Crippen LogP contribution in [0, 0.1) is 5.82 Å². The van der Waals surface area contributed by atoms with E-state index in [9.17, 15) is 14.0 Å². The summed E-state index contributed by atoms with van der Waals surface area (Å²) >= 11 is 0. The summed E-state index contributed by atoms with van der Waals surface area (Å²) in [6.07, 6.45) is 8.53. The molecule has 1 aliphatic carbocycles. The summed E-state index contributed by atoms with van der Waals surface area (Å²) in [5.41, 5.74) is -0.0672. The highest BCUT2D eigenvalue weighted by Crippen LogP contribution is 2.19. The second-order valence-electron chi connectivity index (χ2n) is 4.51. The molecule has 0 saturated carbocycles. The van der Waals surface area contributed by atoms with Crippen molar-refractivity contribution in [2.75, 3.05) is 6.54 Å². The molecule has 1 aromatic heterocycles. The number of aromatic nitrogens is 2. The Morgan fingerprint density at radius 1 is 1.47 bits per heavy atom. The number of nitrogens with zero attached hydrogens (tertiary/aromatic N) is 1. The second kappa shape index (κ2) is 6.26. The van der Waals surface area contributed by atoms with Crippen molar-refractivity contribution in [1.82, 2.24) is 15.3 Å². The quantitative estimate of drug-likeness (QED) is 0.811. The minimum Gasteiger partial charge on any atom is -0.350 e. The molecular weight excluding hydrogens is 249 g/mol. The predicted molar refractivity (Wildman–Crippen MR) is 68.3 cm³/mol. The molecule has 6 heteroatoms. The number of nitrogens with one attached hydrogen (secondary N) is 2. The van der Waals surface area contributed by atoms with E-state index in [1.165, 1.54) is 18.4 Å². The highest BCUT2D eigenvalue weighted by Gasteiger charge is 2.15. The lowest BCUT2D eigenvalue weighted by atomic mass is 9.97. The van der Waals surface area contributed by atoms with Crippen molar-refractivity contribution in [3.05, 3.63) is 39.8 Å². The van der Waals surface area contributed by atoms with Gasteiger partial charge in [-0.3, -0.25) is 9.59 Å². The van der Waals surface area contributed by atoms with E-state index in [0.29, 0.717) is 6.54 Å². The van der Waals surface area contributed by atoms with E-state index in [-0.39, 0.29) is 0 Å². The van der Waals surface area contributed by atoms with Gasteiger partial charge in [-0.05, 0) is 32.1 Å². The van der Waals surface area contributed by atoms with E-state index >= 15 is 0 Å². The van der Waals surface area contributed by atoms with Crippen LogP contribution in [0.15, 0.2) is 22.8 Å². The van der Waals surface area contributed by atoms with Crippen LogP contribution in [-0.4, -0.2) is 22.4 Å². The van der Waals surface area contributed by atoms with E-state index in [4.69, 9.17) is 0 Å². The van der Waals surface area contributed by atoms with Crippen LogP contribution >= 0.6 is 0 Å². The number of amides is 1. The summed E-state index contributed by atoms with van der Waals surface area (Å²) in [5, 5.41) is 2.58. The summed E-state index contributed by atoms with van der Waals surface area (Å²) < 4.78 is 13.4. The Kier molecular flexibility index (Phi) is 4.43. The van der Waals surface area contributed by atoms with Gasteiger partial charge in [-0.15, -0.1) is 0 Å². The monoisotopic (exact) mass is 265 g/mol. The SMILES string of the molecule is O=C(NCCC1=CCCCC1)c1nc[nH]c(=O)c1F. The van der Waals surface area contributed by atoms with Gasteiger partial charge in [-0.1, -0.05) is 11.6 Å². The molecule has 1 aromatic rings. The number of aromatic amines is 1. The molecule has 0 aliphatic heterocycles. The fourth-order valence-electron chi connectivity index (χ4n) is 2.09. The largest absolute Gasteiger partial charge is 0.350 e. The Morgan fingerprint density at radius 2 is 2.32 bits per heavy atom. The molecule has 0 unspecified atom stereocenters. The topological polar surface area (TPSA) is 74.8 Å². The normalized spacial score (nSPS) is 14.9. The van der Waals surface area contributed by atoms with Crippen LogP contribution in [0.4, 0.5) is 4.39 Å². The number of allylic oxidation sites excluding steroid dienone is 1. The maximum absolute atomic E-state index is 13.4. The molecule has 2 N–H and O–H groups in total. The maximum atomic E-state index is 13.4. The molecule has 1 heterocycles. The number of H-pyrrole nitrogens is 1. The lowest BCUT2D eigenvalue weighted by molar-refractivity contribution is 0.0944. The summed E-state index contributed by atoms with van der Waals surface area (Å²) in [4.78, 5) is 28.3. The third-order valence-electron chi connectivity index (χ3n) is 3.13. The van der Waals surface area contributed by atoms with Crippen LogP contribution in [0.2, 0.25) is 0 Å². The van der Waals surface area contributed by atoms with Crippen molar-refractivity contribution in [3.63, 3.8) is 0 Å². The van der Waals surface area contributed by atoms with Crippen molar-refractivity contribution >= 4 is 5.91 Å². The summed E-state index contributed by atoms with van der Waals surface area (Å²) in [6, 6.07) is 0. The first-order chi connectivity index (χ1) is 9.18. The lowest BCUT2D eigenvalue weighted by Gasteiger charge is -2.12. The third kappa shape index (κ3) is 3.49. The molecule has 0 radical (unpaired) electrons. The Hall–Kier alpha value is -1.98. The smallest absolute Gasteiger partial charge is 0.287 e. The van der Waals surface area contributed by atoms with Gasteiger partial charge in [-0.25, -0.2) is 4.98 Å². The molecule has 0 saturated heterocycles. The van der Waals surface area contributed by atoms with E-state index in [0.717, 1.165) is 25.6 Å². The first kappa shape index (κ1) is 13.5. The fourth-order valence-corrected chi connectivity index (χ4v) is 2.09. The number of halogens is 1. The van der Waals surface area contributed by atoms with Gasteiger partial charge >= 0.3 is 0 Å². The molecule has 2 rings (SSSR count). The maximum Gasteiger partial charge on any atom is 0.287 e. The van der Waals surface area contributed by atoms with Crippen molar-refractivity contribution in [2.45, 2.75) is 32.1 Å². The van der Waals surface area contributed by atoms with Crippen LogP contribution in [-0.2, 0) is 0 Å². The Morgan fingerprint density at radius 3 is 3.05 bits per heavy atom. The highest BCUT2D eigenvalue weighted by molar-refractivity contribution is 5.92.